The van der Waals surface area contributed by atoms with Gasteiger partial charge < -0.3 is 26.8 Å². The summed E-state index contributed by atoms with van der Waals surface area (Å²) in [5, 5.41) is 16.4. The molecule has 11 heteroatoms. The van der Waals surface area contributed by atoms with E-state index in [4.69, 9.17) is 10.8 Å². The molecule has 0 heterocycles. The Bertz CT molecular complexity index is 750. The van der Waals surface area contributed by atoms with E-state index in [9.17, 15) is 19.2 Å². The molecular weight excluding hydrogens is 440 g/mol. The number of carboxylic acids is 1. The zero-order valence-corrected chi connectivity index (χ0v) is 19.2. The van der Waals surface area contributed by atoms with Crippen molar-refractivity contribution in [3.8, 4) is 0 Å². The topological polar surface area (TPSA) is 151 Å². The normalized spacial score (nSPS) is 14.6. The third kappa shape index (κ3) is 9.62. The number of thioether (sulfide) groups is 1. The average molecular weight is 471 g/mol. The van der Waals surface area contributed by atoms with E-state index in [0.29, 0.717) is 12.2 Å². The minimum atomic E-state index is -1.20. The molecular formula is C20H30N4O5S2. The molecule has 9 nitrogen and oxygen atoms in total. The van der Waals surface area contributed by atoms with Crippen LogP contribution in [-0.4, -0.2) is 70.7 Å². The van der Waals surface area contributed by atoms with Crippen LogP contribution in [0, 0.1) is 0 Å². The Labute approximate surface area is 191 Å². The molecule has 0 saturated carbocycles. The van der Waals surface area contributed by atoms with Gasteiger partial charge in [-0.3, -0.25) is 19.2 Å². The van der Waals surface area contributed by atoms with E-state index in [1.165, 1.54) is 6.92 Å². The van der Waals surface area contributed by atoms with Gasteiger partial charge in [0.05, 0.1) is 6.04 Å². The van der Waals surface area contributed by atoms with E-state index < -0.39 is 47.9 Å². The van der Waals surface area contributed by atoms with Gasteiger partial charge in [-0.1, -0.05) is 30.3 Å². The summed E-state index contributed by atoms with van der Waals surface area (Å²) in [7, 11) is 0. The van der Waals surface area contributed by atoms with Crippen molar-refractivity contribution in [3.63, 3.8) is 0 Å². The summed E-state index contributed by atoms with van der Waals surface area (Å²) in [5.41, 5.74) is 6.73. The molecule has 172 valence electrons. The van der Waals surface area contributed by atoms with Crippen LogP contribution >= 0.6 is 24.4 Å². The highest BCUT2D eigenvalue weighted by Gasteiger charge is 2.28. The lowest BCUT2D eigenvalue weighted by molar-refractivity contribution is -0.141. The molecule has 0 aliphatic carbocycles. The number of carbonyl (C=O) groups excluding carboxylic acids is 3. The third-order valence-electron chi connectivity index (χ3n) is 4.43. The van der Waals surface area contributed by atoms with Crippen molar-refractivity contribution in [2.45, 2.75) is 43.9 Å². The van der Waals surface area contributed by atoms with Gasteiger partial charge in [-0.2, -0.15) is 24.4 Å². The fourth-order valence-corrected chi connectivity index (χ4v) is 3.30. The van der Waals surface area contributed by atoms with Crippen LogP contribution in [0.3, 0.4) is 0 Å². The molecule has 4 unspecified atom stereocenters. The summed E-state index contributed by atoms with van der Waals surface area (Å²) in [6.07, 6.45) is 2.56. The number of carboxylic acid groups (broad SMARTS) is 1. The van der Waals surface area contributed by atoms with Crippen LogP contribution in [0.25, 0.3) is 0 Å². The van der Waals surface area contributed by atoms with Crippen LogP contribution < -0.4 is 21.7 Å². The highest BCUT2D eigenvalue weighted by molar-refractivity contribution is 7.98. The Morgan fingerprint density at radius 3 is 2.16 bits per heavy atom. The van der Waals surface area contributed by atoms with Crippen molar-refractivity contribution < 1.29 is 24.3 Å². The number of hydrogen-bond acceptors (Lipinski definition) is 7. The zero-order valence-electron chi connectivity index (χ0n) is 17.5. The summed E-state index contributed by atoms with van der Waals surface area (Å²) < 4.78 is 0. The SMILES string of the molecule is CSCCC(N)C(=O)NC(Cc1ccccc1)C(=O)NC(CS)C(=O)NC(C)C(=O)O. The number of aliphatic carboxylic acids is 1. The lowest BCUT2D eigenvalue weighted by Crippen LogP contribution is -2.58. The first kappa shape index (κ1) is 26.8. The first-order valence-corrected chi connectivity index (χ1v) is 11.7. The Morgan fingerprint density at radius 1 is 1.03 bits per heavy atom. The monoisotopic (exact) mass is 470 g/mol. The lowest BCUT2D eigenvalue weighted by atomic mass is 10.0. The van der Waals surface area contributed by atoms with E-state index in [0.717, 1.165) is 5.56 Å². The predicted molar refractivity (Wildman–Crippen MR) is 124 cm³/mol. The molecule has 6 N–H and O–H groups in total. The summed E-state index contributed by atoms with van der Waals surface area (Å²) in [4.78, 5) is 48.7. The van der Waals surface area contributed by atoms with Crippen molar-refractivity contribution in [2.24, 2.45) is 5.73 Å². The second-order valence-electron chi connectivity index (χ2n) is 6.95. The number of thiol groups is 1. The molecule has 0 spiro atoms. The first-order valence-electron chi connectivity index (χ1n) is 9.72. The minimum Gasteiger partial charge on any atom is -0.480 e. The van der Waals surface area contributed by atoms with Crippen LogP contribution in [-0.2, 0) is 25.6 Å². The number of carbonyl (C=O) groups is 4. The fraction of sp³-hybridized carbons (Fsp3) is 0.500. The molecule has 1 aromatic rings. The first-order chi connectivity index (χ1) is 14.7. The van der Waals surface area contributed by atoms with Crippen LogP contribution in [0.2, 0.25) is 0 Å². The maximum absolute atomic E-state index is 12.9. The maximum atomic E-state index is 12.9. The number of rotatable bonds is 13. The molecule has 1 aromatic carbocycles. The second kappa shape index (κ2) is 13.9. The summed E-state index contributed by atoms with van der Waals surface area (Å²) in [5.74, 6) is -2.29. The van der Waals surface area contributed by atoms with Gasteiger partial charge in [0.15, 0.2) is 0 Å². The summed E-state index contributed by atoms with van der Waals surface area (Å²) in [6.45, 7) is 1.31. The van der Waals surface area contributed by atoms with Crippen LogP contribution in [0.15, 0.2) is 30.3 Å². The Morgan fingerprint density at radius 2 is 1.61 bits per heavy atom. The lowest BCUT2D eigenvalue weighted by Gasteiger charge is -2.24. The van der Waals surface area contributed by atoms with Gasteiger partial charge in [-0.25, -0.2) is 0 Å². The smallest absolute Gasteiger partial charge is 0.325 e. The molecule has 1 rings (SSSR count). The highest BCUT2D eigenvalue weighted by atomic mass is 32.2. The van der Waals surface area contributed by atoms with Crippen LogP contribution in [0.5, 0.6) is 0 Å². The number of hydrogen-bond donors (Lipinski definition) is 6. The van der Waals surface area contributed by atoms with E-state index >= 15 is 0 Å². The average Bonchev–Trinajstić information content (AvgIpc) is 2.75. The standard InChI is InChI=1S/C20H30N4O5S2/c1-12(20(28)29)22-19(27)16(11-30)24-18(26)15(10-13-6-4-3-5-7-13)23-17(25)14(21)8-9-31-2/h3-7,12,14-16,30H,8-11,21H2,1-2H3,(H,22,27)(H,23,25)(H,24,26)(H,28,29). The third-order valence-corrected chi connectivity index (χ3v) is 5.44. The Hall–Kier alpha value is -2.24. The van der Waals surface area contributed by atoms with Crippen LogP contribution in [0.1, 0.15) is 18.9 Å². The van der Waals surface area contributed by atoms with Gasteiger partial charge >= 0.3 is 5.97 Å². The fourth-order valence-electron chi connectivity index (χ4n) is 2.56. The molecule has 0 aliphatic rings. The zero-order chi connectivity index (χ0) is 23.4. The largest absolute Gasteiger partial charge is 0.480 e. The number of nitrogens with one attached hydrogen (secondary N) is 3. The van der Waals surface area contributed by atoms with Gasteiger partial charge in [-0.15, -0.1) is 0 Å². The van der Waals surface area contributed by atoms with Crippen LogP contribution in [0.4, 0.5) is 0 Å². The quantitative estimate of drug-likeness (QED) is 0.219. The van der Waals surface area contributed by atoms with Gasteiger partial charge in [0.25, 0.3) is 0 Å². The molecule has 0 aliphatic heterocycles. The predicted octanol–water partition coefficient (Wildman–Crippen LogP) is -0.202. The van der Waals surface area contributed by atoms with Gasteiger partial charge in [0, 0.05) is 12.2 Å². The number of nitrogens with two attached hydrogens (primary N) is 1. The molecule has 0 bridgehead atoms. The van der Waals surface area contributed by atoms with E-state index in [1.807, 2.05) is 36.6 Å². The van der Waals surface area contributed by atoms with Crippen molar-refractivity contribution >= 4 is 48.1 Å². The summed E-state index contributed by atoms with van der Waals surface area (Å²) >= 11 is 5.64. The van der Waals surface area contributed by atoms with Crippen molar-refractivity contribution in [2.75, 3.05) is 17.8 Å². The Kier molecular flexibility index (Phi) is 12.1. The van der Waals surface area contributed by atoms with E-state index in [2.05, 4.69) is 28.6 Å². The van der Waals surface area contributed by atoms with Crippen molar-refractivity contribution in [1.82, 2.24) is 16.0 Å². The molecule has 0 aromatic heterocycles. The highest BCUT2D eigenvalue weighted by Crippen LogP contribution is 2.06. The van der Waals surface area contributed by atoms with Gasteiger partial charge in [0.2, 0.25) is 17.7 Å². The van der Waals surface area contributed by atoms with E-state index in [1.54, 1.807) is 11.8 Å². The molecule has 31 heavy (non-hydrogen) atoms. The molecule has 0 fully saturated rings. The minimum absolute atomic E-state index is 0.0524. The molecule has 0 radical (unpaired) electrons. The number of amides is 3. The second-order valence-corrected chi connectivity index (χ2v) is 8.30. The molecule has 3 amide bonds. The maximum Gasteiger partial charge on any atom is 0.325 e. The van der Waals surface area contributed by atoms with Crippen molar-refractivity contribution in [3.05, 3.63) is 35.9 Å². The Balaban J connectivity index is 2.91. The van der Waals surface area contributed by atoms with Gasteiger partial charge in [0.1, 0.15) is 18.1 Å². The molecule has 4 atom stereocenters. The summed E-state index contributed by atoms with van der Waals surface area (Å²) in [6, 6.07) is 5.16. The molecule has 0 saturated heterocycles. The van der Waals surface area contributed by atoms with Crippen molar-refractivity contribution in [1.29, 1.82) is 0 Å². The van der Waals surface area contributed by atoms with Gasteiger partial charge in [-0.05, 0) is 30.9 Å². The number of benzene rings is 1. The van der Waals surface area contributed by atoms with E-state index in [-0.39, 0.29) is 12.2 Å².